The maximum atomic E-state index is 10.9. The number of likely N-dealkylation sites (N-methyl/N-ethyl adjacent to an activating group) is 1. The summed E-state index contributed by atoms with van der Waals surface area (Å²) in [7, 11) is 1.97. The molecule has 62 valence electrons. The van der Waals surface area contributed by atoms with Gasteiger partial charge in [-0.2, -0.15) is 0 Å². The van der Waals surface area contributed by atoms with Crippen LogP contribution in [0, 0.1) is 0 Å². The number of rotatable bonds is 0. The van der Waals surface area contributed by atoms with Crippen LogP contribution in [-0.2, 0) is 9.53 Å². The predicted octanol–water partition coefficient (Wildman–Crippen LogP) is -1.18. The van der Waals surface area contributed by atoms with E-state index >= 15 is 0 Å². The Morgan fingerprint density at radius 1 is 1.64 bits per heavy atom. The molecular weight excluding hydrogens is 144 g/mol. The summed E-state index contributed by atoms with van der Waals surface area (Å²) in [6.07, 6.45) is 0. The topological polar surface area (TPSA) is 41.6 Å². The van der Waals surface area contributed by atoms with E-state index in [2.05, 4.69) is 10.2 Å². The van der Waals surface area contributed by atoms with Crippen LogP contribution in [0.5, 0.6) is 0 Å². The van der Waals surface area contributed by atoms with E-state index in [0.717, 1.165) is 19.8 Å². The summed E-state index contributed by atoms with van der Waals surface area (Å²) in [6.45, 7) is 2.75. The molecule has 2 aliphatic heterocycles. The number of carbonyl (C=O) groups excluding carboxylic acids is 1. The Kier molecular flexibility index (Phi) is 1.40. The number of amides is 1. The Labute approximate surface area is 65.5 Å². The van der Waals surface area contributed by atoms with Gasteiger partial charge in [-0.15, -0.1) is 0 Å². The van der Waals surface area contributed by atoms with Crippen LogP contribution in [0.3, 0.4) is 0 Å². The van der Waals surface area contributed by atoms with Crippen LogP contribution < -0.4 is 5.32 Å². The first-order valence-electron chi connectivity index (χ1n) is 3.79. The van der Waals surface area contributed by atoms with E-state index in [4.69, 9.17) is 4.74 Å². The number of piperazine rings is 1. The Morgan fingerprint density at radius 2 is 2.36 bits per heavy atom. The second-order valence-electron chi connectivity index (χ2n) is 3.35. The molecule has 1 spiro atoms. The molecule has 0 bridgehead atoms. The standard InChI is InChI=1S/C7H12N2O2/c1-9-2-6(10)8-3-7(9)4-11-5-7/h2-5H2,1H3,(H,8,10). The Bertz CT molecular complexity index is 189. The Balaban J connectivity index is 2.06. The summed E-state index contributed by atoms with van der Waals surface area (Å²) in [5.41, 5.74) is 0.119. The molecule has 0 atom stereocenters. The molecule has 1 amide bonds. The maximum absolute atomic E-state index is 10.9. The van der Waals surface area contributed by atoms with E-state index in [1.54, 1.807) is 0 Å². The number of nitrogens with one attached hydrogen (secondary N) is 1. The minimum atomic E-state index is 0.116. The number of nitrogens with zero attached hydrogens (tertiary/aromatic N) is 1. The highest BCUT2D eigenvalue weighted by Crippen LogP contribution is 2.24. The molecule has 2 rings (SSSR count). The summed E-state index contributed by atoms with van der Waals surface area (Å²) in [4.78, 5) is 13.0. The summed E-state index contributed by atoms with van der Waals surface area (Å²) >= 11 is 0. The van der Waals surface area contributed by atoms with Gasteiger partial charge in [-0.25, -0.2) is 0 Å². The first kappa shape index (κ1) is 7.06. The fourth-order valence-corrected chi connectivity index (χ4v) is 1.50. The maximum Gasteiger partial charge on any atom is 0.234 e. The molecule has 0 saturated carbocycles. The predicted molar refractivity (Wildman–Crippen MR) is 39.2 cm³/mol. The van der Waals surface area contributed by atoms with Gasteiger partial charge in [-0.05, 0) is 7.05 Å². The molecule has 0 aromatic rings. The molecule has 0 radical (unpaired) electrons. The van der Waals surface area contributed by atoms with Crippen molar-refractivity contribution in [3.8, 4) is 0 Å². The minimum Gasteiger partial charge on any atom is -0.377 e. The Morgan fingerprint density at radius 3 is 2.82 bits per heavy atom. The van der Waals surface area contributed by atoms with E-state index < -0.39 is 0 Å². The van der Waals surface area contributed by atoms with Crippen molar-refractivity contribution in [2.75, 3.05) is 33.4 Å². The molecule has 4 heteroatoms. The first-order valence-corrected chi connectivity index (χ1v) is 3.79. The normalized spacial score (nSPS) is 29.7. The van der Waals surface area contributed by atoms with Crippen molar-refractivity contribution in [2.24, 2.45) is 0 Å². The van der Waals surface area contributed by atoms with Gasteiger partial charge in [-0.3, -0.25) is 9.69 Å². The molecule has 2 aliphatic rings. The molecule has 0 aromatic carbocycles. The lowest BCUT2D eigenvalue weighted by molar-refractivity contribution is -0.156. The van der Waals surface area contributed by atoms with Crippen LogP contribution in [0.4, 0.5) is 0 Å². The van der Waals surface area contributed by atoms with Gasteiger partial charge in [0.25, 0.3) is 0 Å². The second-order valence-corrected chi connectivity index (χ2v) is 3.35. The van der Waals surface area contributed by atoms with E-state index in [1.165, 1.54) is 0 Å². The van der Waals surface area contributed by atoms with Crippen molar-refractivity contribution >= 4 is 5.91 Å². The number of carbonyl (C=O) groups is 1. The van der Waals surface area contributed by atoms with Crippen LogP contribution in [0.2, 0.25) is 0 Å². The van der Waals surface area contributed by atoms with Gasteiger partial charge < -0.3 is 10.1 Å². The molecule has 4 nitrogen and oxygen atoms in total. The number of hydrogen-bond donors (Lipinski definition) is 1. The van der Waals surface area contributed by atoms with Crippen molar-refractivity contribution in [1.82, 2.24) is 10.2 Å². The van der Waals surface area contributed by atoms with Crippen molar-refractivity contribution in [1.29, 1.82) is 0 Å². The zero-order chi connectivity index (χ0) is 7.90. The van der Waals surface area contributed by atoms with Gasteiger partial charge in [0.15, 0.2) is 0 Å². The van der Waals surface area contributed by atoms with E-state index in [1.807, 2.05) is 7.05 Å². The molecule has 1 N–H and O–H groups in total. The van der Waals surface area contributed by atoms with Gasteiger partial charge in [0, 0.05) is 6.54 Å². The molecule has 0 unspecified atom stereocenters. The summed E-state index contributed by atoms with van der Waals surface area (Å²) in [5.74, 6) is 0.116. The van der Waals surface area contributed by atoms with Crippen LogP contribution in [0.1, 0.15) is 0 Å². The lowest BCUT2D eigenvalue weighted by Gasteiger charge is -2.50. The third kappa shape index (κ3) is 0.937. The third-order valence-electron chi connectivity index (χ3n) is 2.55. The van der Waals surface area contributed by atoms with Crippen molar-refractivity contribution < 1.29 is 9.53 Å². The van der Waals surface area contributed by atoms with Crippen LogP contribution in [-0.4, -0.2) is 49.7 Å². The summed E-state index contributed by atoms with van der Waals surface area (Å²) < 4.78 is 5.13. The van der Waals surface area contributed by atoms with Crippen molar-refractivity contribution in [2.45, 2.75) is 5.54 Å². The van der Waals surface area contributed by atoms with Crippen LogP contribution >= 0.6 is 0 Å². The smallest absolute Gasteiger partial charge is 0.234 e. The molecule has 11 heavy (non-hydrogen) atoms. The second kappa shape index (κ2) is 2.19. The Hall–Kier alpha value is -0.610. The van der Waals surface area contributed by atoms with Gasteiger partial charge in [0.05, 0.1) is 25.3 Å². The van der Waals surface area contributed by atoms with Gasteiger partial charge in [0.1, 0.15) is 0 Å². The van der Waals surface area contributed by atoms with Gasteiger partial charge in [0.2, 0.25) is 5.91 Å². The monoisotopic (exact) mass is 156 g/mol. The zero-order valence-corrected chi connectivity index (χ0v) is 6.59. The number of hydrogen-bond acceptors (Lipinski definition) is 3. The summed E-state index contributed by atoms with van der Waals surface area (Å²) in [6, 6.07) is 0. The van der Waals surface area contributed by atoms with Crippen molar-refractivity contribution in [3.05, 3.63) is 0 Å². The molecule has 0 aromatic heterocycles. The van der Waals surface area contributed by atoms with E-state index in [0.29, 0.717) is 6.54 Å². The summed E-state index contributed by atoms with van der Waals surface area (Å²) in [5, 5.41) is 2.84. The molecular formula is C7H12N2O2. The fourth-order valence-electron chi connectivity index (χ4n) is 1.50. The highest BCUT2D eigenvalue weighted by atomic mass is 16.5. The highest BCUT2D eigenvalue weighted by molar-refractivity contribution is 5.79. The van der Waals surface area contributed by atoms with E-state index in [9.17, 15) is 4.79 Å². The molecule has 2 heterocycles. The largest absolute Gasteiger partial charge is 0.377 e. The lowest BCUT2D eigenvalue weighted by Crippen LogP contribution is -2.71. The minimum absolute atomic E-state index is 0.116. The average molecular weight is 156 g/mol. The highest BCUT2D eigenvalue weighted by Gasteiger charge is 2.45. The third-order valence-corrected chi connectivity index (χ3v) is 2.55. The van der Waals surface area contributed by atoms with Crippen LogP contribution in [0.25, 0.3) is 0 Å². The fraction of sp³-hybridized carbons (Fsp3) is 0.857. The van der Waals surface area contributed by atoms with Gasteiger partial charge >= 0.3 is 0 Å². The SMILES string of the molecule is CN1CC(=O)NCC12COC2. The molecule has 2 fully saturated rings. The van der Waals surface area contributed by atoms with E-state index in [-0.39, 0.29) is 11.4 Å². The zero-order valence-electron chi connectivity index (χ0n) is 6.59. The first-order chi connectivity index (χ1) is 5.23. The quantitative estimate of drug-likeness (QED) is 0.480. The van der Waals surface area contributed by atoms with Crippen molar-refractivity contribution in [3.63, 3.8) is 0 Å². The number of ether oxygens (including phenoxy) is 1. The van der Waals surface area contributed by atoms with Crippen LogP contribution in [0.15, 0.2) is 0 Å². The molecule has 0 aliphatic carbocycles. The average Bonchev–Trinajstić information content (AvgIpc) is 1.84. The lowest BCUT2D eigenvalue weighted by atomic mass is 9.93. The van der Waals surface area contributed by atoms with Gasteiger partial charge in [-0.1, -0.05) is 0 Å². The molecule has 2 saturated heterocycles.